The van der Waals surface area contributed by atoms with E-state index in [0.717, 1.165) is 17.1 Å². The number of hydrogen-bond acceptors (Lipinski definition) is 4. The van der Waals surface area contributed by atoms with Crippen molar-refractivity contribution in [2.45, 2.75) is 26.9 Å². The third-order valence-electron chi connectivity index (χ3n) is 2.64. The molecule has 102 valence electrons. The predicted molar refractivity (Wildman–Crippen MR) is 79.2 cm³/mol. The molecular weight excluding hydrogens is 250 g/mol. The number of aromatic nitrogens is 1. The van der Waals surface area contributed by atoms with E-state index < -0.39 is 0 Å². The van der Waals surface area contributed by atoms with Gasteiger partial charge in [-0.2, -0.15) is 5.26 Å². The Morgan fingerprint density at radius 2 is 1.85 bits per heavy atom. The lowest BCUT2D eigenvalue weighted by molar-refractivity contribution is 0.242. The average molecular weight is 267 g/mol. The van der Waals surface area contributed by atoms with Crippen molar-refractivity contribution in [1.29, 1.82) is 5.26 Å². The molecule has 0 aliphatic carbocycles. The molecule has 0 aliphatic rings. The largest absolute Gasteiger partial charge is 0.491 e. The van der Waals surface area contributed by atoms with Crippen molar-refractivity contribution in [3.8, 4) is 11.8 Å². The summed E-state index contributed by atoms with van der Waals surface area (Å²) in [5.74, 6) is 1.40. The minimum atomic E-state index is 0.150. The zero-order chi connectivity index (χ0) is 14.5. The standard InChI is InChI=1S/C16H17N3O/c1-11(2)20-15-8-6-14(7-9-15)19-16-13(10-17)5-4-12(3)18-16/h4-9,11H,1-3H3,(H,18,19). The number of pyridine rings is 1. The summed E-state index contributed by atoms with van der Waals surface area (Å²) < 4.78 is 5.59. The summed E-state index contributed by atoms with van der Waals surface area (Å²) in [5.41, 5.74) is 2.26. The van der Waals surface area contributed by atoms with Crippen LogP contribution in [0.5, 0.6) is 5.75 Å². The van der Waals surface area contributed by atoms with Gasteiger partial charge in [0, 0.05) is 11.4 Å². The van der Waals surface area contributed by atoms with E-state index in [1.165, 1.54) is 0 Å². The van der Waals surface area contributed by atoms with Gasteiger partial charge in [-0.25, -0.2) is 4.98 Å². The molecule has 1 aromatic heterocycles. The first kappa shape index (κ1) is 13.9. The van der Waals surface area contributed by atoms with E-state index >= 15 is 0 Å². The van der Waals surface area contributed by atoms with Crippen molar-refractivity contribution in [1.82, 2.24) is 4.98 Å². The van der Waals surface area contributed by atoms with Crippen molar-refractivity contribution in [3.63, 3.8) is 0 Å². The predicted octanol–water partition coefficient (Wildman–Crippen LogP) is 3.79. The van der Waals surface area contributed by atoms with E-state index in [2.05, 4.69) is 16.4 Å². The van der Waals surface area contributed by atoms with E-state index in [4.69, 9.17) is 10.00 Å². The Bertz CT molecular complexity index is 627. The lowest BCUT2D eigenvalue weighted by Gasteiger charge is -2.11. The van der Waals surface area contributed by atoms with Crippen molar-refractivity contribution < 1.29 is 4.74 Å². The van der Waals surface area contributed by atoms with E-state index in [9.17, 15) is 0 Å². The highest BCUT2D eigenvalue weighted by molar-refractivity contribution is 5.63. The van der Waals surface area contributed by atoms with Gasteiger partial charge in [0.2, 0.25) is 0 Å². The van der Waals surface area contributed by atoms with Crippen LogP contribution in [0.4, 0.5) is 11.5 Å². The van der Waals surface area contributed by atoms with Gasteiger partial charge in [0.1, 0.15) is 17.6 Å². The number of anilines is 2. The van der Waals surface area contributed by atoms with Gasteiger partial charge in [0.25, 0.3) is 0 Å². The fraction of sp³-hybridized carbons (Fsp3) is 0.250. The monoisotopic (exact) mass is 267 g/mol. The number of rotatable bonds is 4. The maximum atomic E-state index is 9.08. The molecule has 0 saturated carbocycles. The topological polar surface area (TPSA) is 57.9 Å². The number of benzene rings is 1. The van der Waals surface area contributed by atoms with Crippen LogP contribution in [0.2, 0.25) is 0 Å². The molecule has 4 nitrogen and oxygen atoms in total. The molecule has 4 heteroatoms. The summed E-state index contributed by atoms with van der Waals surface area (Å²) in [5, 5.41) is 12.2. The Hall–Kier alpha value is -2.54. The summed E-state index contributed by atoms with van der Waals surface area (Å²) in [6.07, 6.45) is 0.150. The van der Waals surface area contributed by atoms with Crippen LogP contribution in [0.25, 0.3) is 0 Å². The quantitative estimate of drug-likeness (QED) is 0.915. The van der Waals surface area contributed by atoms with E-state index in [0.29, 0.717) is 11.4 Å². The molecular formula is C16H17N3O. The van der Waals surface area contributed by atoms with Crippen LogP contribution in [0, 0.1) is 18.3 Å². The van der Waals surface area contributed by atoms with Crippen molar-refractivity contribution >= 4 is 11.5 Å². The van der Waals surface area contributed by atoms with Gasteiger partial charge in [0.05, 0.1) is 11.7 Å². The second-order valence-corrected chi connectivity index (χ2v) is 4.78. The number of nitriles is 1. The van der Waals surface area contributed by atoms with E-state index in [-0.39, 0.29) is 6.10 Å². The fourth-order valence-electron chi connectivity index (χ4n) is 1.77. The van der Waals surface area contributed by atoms with Crippen molar-refractivity contribution in [2.24, 2.45) is 0 Å². The summed E-state index contributed by atoms with van der Waals surface area (Å²) in [4.78, 5) is 4.35. The second kappa shape index (κ2) is 6.07. The summed E-state index contributed by atoms with van der Waals surface area (Å²) in [7, 11) is 0. The lowest BCUT2D eigenvalue weighted by Crippen LogP contribution is -2.05. The van der Waals surface area contributed by atoms with Gasteiger partial charge >= 0.3 is 0 Å². The van der Waals surface area contributed by atoms with Crippen LogP contribution in [0.1, 0.15) is 25.1 Å². The van der Waals surface area contributed by atoms with Crippen LogP contribution < -0.4 is 10.1 Å². The second-order valence-electron chi connectivity index (χ2n) is 4.78. The van der Waals surface area contributed by atoms with Gasteiger partial charge in [-0.15, -0.1) is 0 Å². The fourth-order valence-corrected chi connectivity index (χ4v) is 1.77. The highest BCUT2D eigenvalue weighted by Gasteiger charge is 2.05. The van der Waals surface area contributed by atoms with E-state index in [1.54, 1.807) is 6.07 Å². The molecule has 0 amide bonds. The summed E-state index contributed by atoms with van der Waals surface area (Å²) in [6, 6.07) is 13.3. The molecule has 0 saturated heterocycles. The van der Waals surface area contributed by atoms with Gasteiger partial charge < -0.3 is 10.1 Å². The number of nitrogens with zero attached hydrogens (tertiary/aromatic N) is 2. The highest BCUT2D eigenvalue weighted by atomic mass is 16.5. The highest BCUT2D eigenvalue weighted by Crippen LogP contribution is 2.22. The van der Waals surface area contributed by atoms with Gasteiger partial charge in [0.15, 0.2) is 0 Å². The Morgan fingerprint density at radius 1 is 1.15 bits per heavy atom. The van der Waals surface area contributed by atoms with Crippen molar-refractivity contribution in [2.75, 3.05) is 5.32 Å². The molecule has 0 atom stereocenters. The summed E-state index contributed by atoms with van der Waals surface area (Å²) >= 11 is 0. The molecule has 1 aromatic carbocycles. The zero-order valence-corrected chi connectivity index (χ0v) is 11.8. The maximum absolute atomic E-state index is 9.08. The van der Waals surface area contributed by atoms with Crippen LogP contribution in [0.3, 0.4) is 0 Å². The Morgan fingerprint density at radius 3 is 2.45 bits per heavy atom. The summed E-state index contributed by atoms with van der Waals surface area (Å²) in [6.45, 7) is 5.87. The third-order valence-corrected chi connectivity index (χ3v) is 2.64. The zero-order valence-electron chi connectivity index (χ0n) is 11.8. The molecule has 2 rings (SSSR count). The SMILES string of the molecule is Cc1ccc(C#N)c(Nc2ccc(OC(C)C)cc2)n1. The Balaban J connectivity index is 2.18. The first-order valence-corrected chi connectivity index (χ1v) is 6.50. The minimum Gasteiger partial charge on any atom is -0.491 e. The number of ether oxygens (including phenoxy) is 1. The Labute approximate surface area is 119 Å². The third kappa shape index (κ3) is 3.48. The first-order chi connectivity index (χ1) is 9.58. The molecule has 1 heterocycles. The molecule has 0 bridgehead atoms. The maximum Gasteiger partial charge on any atom is 0.148 e. The lowest BCUT2D eigenvalue weighted by atomic mass is 10.2. The van der Waals surface area contributed by atoms with Crippen LogP contribution in [-0.4, -0.2) is 11.1 Å². The molecule has 1 N–H and O–H groups in total. The van der Waals surface area contributed by atoms with Crippen LogP contribution >= 0.6 is 0 Å². The molecule has 0 aliphatic heterocycles. The molecule has 0 radical (unpaired) electrons. The van der Waals surface area contributed by atoms with Crippen LogP contribution in [0.15, 0.2) is 36.4 Å². The number of nitrogens with one attached hydrogen (secondary N) is 1. The molecule has 0 fully saturated rings. The van der Waals surface area contributed by atoms with Gasteiger partial charge in [-0.1, -0.05) is 0 Å². The number of hydrogen-bond donors (Lipinski definition) is 1. The molecule has 0 spiro atoms. The van der Waals surface area contributed by atoms with Gasteiger partial charge in [-0.3, -0.25) is 0 Å². The molecule has 2 aromatic rings. The smallest absolute Gasteiger partial charge is 0.148 e. The average Bonchev–Trinajstić information content (AvgIpc) is 2.41. The van der Waals surface area contributed by atoms with Gasteiger partial charge in [-0.05, 0) is 57.2 Å². The van der Waals surface area contributed by atoms with Crippen LogP contribution in [-0.2, 0) is 0 Å². The molecule has 20 heavy (non-hydrogen) atoms. The first-order valence-electron chi connectivity index (χ1n) is 6.50. The van der Waals surface area contributed by atoms with Crippen molar-refractivity contribution in [3.05, 3.63) is 47.7 Å². The molecule has 0 unspecified atom stereocenters. The normalized spacial score (nSPS) is 10.2. The Kier molecular flexibility index (Phi) is 4.21. The van der Waals surface area contributed by atoms with E-state index in [1.807, 2.05) is 51.1 Å². The number of aryl methyl sites for hydroxylation is 1. The minimum absolute atomic E-state index is 0.150.